The lowest BCUT2D eigenvalue weighted by atomic mass is 9.40. The Morgan fingerprint density at radius 1 is 0.694 bits per heavy atom. The molecular weight excluding hydrogens is 539 g/mol. The van der Waals surface area contributed by atoms with Gasteiger partial charge in [0.15, 0.2) is 0 Å². The SMILES string of the molecule is CC12CC3CC(C)(C1)CC(CC(=O)Cl)(C3)C2.CC12CC3CC(C)(C1)CC(CC(=O)O)(C3)C2.O=S(Cl)Cl. The summed E-state index contributed by atoms with van der Waals surface area (Å²) >= 11 is 5.67. The number of carboxylic acids is 1. The highest BCUT2D eigenvalue weighted by atomic mass is 36.0. The Hall–Kier alpha value is 0.160. The predicted molar refractivity (Wildman–Crippen MR) is 147 cm³/mol. The molecule has 8 fully saturated rings. The summed E-state index contributed by atoms with van der Waals surface area (Å²) in [5.74, 6) is 1.09. The third-order valence-electron chi connectivity index (χ3n) is 10.5. The maximum Gasteiger partial charge on any atom is 0.303 e. The molecule has 0 heterocycles. The van der Waals surface area contributed by atoms with Crippen LogP contribution in [-0.2, 0) is 18.8 Å². The summed E-state index contributed by atoms with van der Waals surface area (Å²) in [6.45, 7) is 9.66. The lowest BCUT2D eigenvalue weighted by Crippen LogP contribution is -2.55. The lowest BCUT2D eigenvalue weighted by molar-refractivity contribution is -0.164. The second-order valence-corrected chi connectivity index (χ2v) is 18.5. The van der Waals surface area contributed by atoms with Gasteiger partial charge in [-0.3, -0.25) is 9.59 Å². The van der Waals surface area contributed by atoms with Crippen molar-refractivity contribution in [3.63, 3.8) is 0 Å². The van der Waals surface area contributed by atoms with Gasteiger partial charge >= 0.3 is 5.97 Å². The maximum atomic E-state index is 11.3. The predicted octanol–water partition coefficient (Wildman–Crippen LogP) is 8.64. The number of halogens is 3. The van der Waals surface area contributed by atoms with Crippen LogP contribution >= 0.6 is 33.0 Å². The minimum atomic E-state index is -1.67. The Kier molecular flexibility index (Phi) is 7.82. The van der Waals surface area contributed by atoms with E-state index in [2.05, 4.69) is 49.1 Å². The first-order valence-electron chi connectivity index (χ1n) is 13.5. The van der Waals surface area contributed by atoms with Crippen molar-refractivity contribution in [2.75, 3.05) is 0 Å². The molecule has 0 radical (unpaired) electrons. The van der Waals surface area contributed by atoms with Gasteiger partial charge in [-0.15, -0.1) is 0 Å². The van der Waals surface area contributed by atoms with E-state index in [0.717, 1.165) is 11.8 Å². The summed E-state index contributed by atoms with van der Waals surface area (Å²) in [5, 5.41) is 9.02. The van der Waals surface area contributed by atoms with E-state index in [4.69, 9.17) is 20.9 Å². The van der Waals surface area contributed by atoms with Crippen LogP contribution in [0.2, 0.25) is 0 Å². The summed E-state index contributed by atoms with van der Waals surface area (Å²) < 4.78 is 9.09. The van der Waals surface area contributed by atoms with Gasteiger partial charge in [-0.25, -0.2) is 4.21 Å². The molecule has 8 saturated carbocycles. The van der Waals surface area contributed by atoms with Gasteiger partial charge in [-0.2, -0.15) is 0 Å². The van der Waals surface area contributed by atoms with Crippen molar-refractivity contribution in [1.82, 2.24) is 0 Å². The molecule has 8 heteroatoms. The molecule has 8 bridgehead atoms. The summed E-state index contributed by atoms with van der Waals surface area (Å²) in [4.78, 5) is 22.4. The van der Waals surface area contributed by atoms with Crippen LogP contribution < -0.4 is 0 Å². The van der Waals surface area contributed by atoms with Crippen LogP contribution in [-0.4, -0.2) is 20.5 Å². The van der Waals surface area contributed by atoms with Gasteiger partial charge in [-0.1, -0.05) is 27.7 Å². The minimum absolute atomic E-state index is 0.117. The van der Waals surface area contributed by atoms with E-state index in [1.54, 1.807) is 0 Å². The quantitative estimate of drug-likeness (QED) is 0.337. The molecule has 0 spiro atoms. The zero-order chi connectivity index (χ0) is 26.8. The van der Waals surface area contributed by atoms with E-state index in [1.807, 2.05) is 0 Å². The number of aliphatic carboxylic acids is 1. The molecule has 0 aliphatic heterocycles. The van der Waals surface area contributed by atoms with Gasteiger partial charge in [0.05, 0.1) is 6.42 Å². The van der Waals surface area contributed by atoms with E-state index < -0.39 is 15.2 Å². The van der Waals surface area contributed by atoms with Gasteiger partial charge in [0.25, 0.3) is 0 Å². The van der Waals surface area contributed by atoms with Crippen LogP contribution in [0.25, 0.3) is 0 Å². The highest BCUT2D eigenvalue weighted by molar-refractivity contribution is 8.26. The molecular formula is C28H43Cl3O4S. The molecule has 0 saturated heterocycles. The van der Waals surface area contributed by atoms with Crippen LogP contribution in [0.4, 0.5) is 0 Å². The van der Waals surface area contributed by atoms with E-state index in [9.17, 15) is 9.59 Å². The Bertz CT molecular complexity index is 830. The number of carbonyl (C=O) groups is 2. The van der Waals surface area contributed by atoms with Gasteiger partial charge in [0.1, 0.15) is 0 Å². The maximum absolute atomic E-state index is 11.3. The molecule has 1 N–H and O–H groups in total. The average Bonchev–Trinajstić information content (AvgIpc) is 2.52. The first-order valence-corrected chi connectivity index (χ1v) is 16.7. The molecule has 206 valence electrons. The van der Waals surface area contributed by atoms with Crippen molar-refractivity contribution >= 4 is 53.4 Å². The lowest BCUT2D eigenvalue weighted by Gasteiger charge is -2.65. The first-order chi connectivity index (χ1) is 16.4. The average molecular weight is 582 g/mol. The second-order valence-electron chi connectivity index (χ2n) is 15.5. The molecule has 0 amide bonds. The number of hydrogen-bond donors (Lipinski definition) is 1. The van der Waals surface area contributed by atoms with Crippen molar-refractivity contribution in [1.29, 1.82) is 0 Å². The topological polar surface area (TPSA) is 71.4 Å². The summed E-state index contributed by atoms with van der Waals surface area (Å²) in [6, 6.07) is 0. The molecule has 8 aliphatic rings. The Morgan fingerprint density at radius 2 is 1.00 bits per heavy atom. The number of carbonyl (C=O) groups excluding carboxylic acids is 1. The van der Waals surface area contributed by atoms with Crippen LogP contribution in [0.3, 0.4) is 0 Å². The summed E-state index contributed by atoms with van der Waals surface area (Å²) in [5.41, 5.74) is 2.31. The normalized spacial score (nSPS) is 49.2. The highest BCUT2D eigenvalue weighted by Gasteiger charge is 2.61. The molecule has 0 aromatic rings. The molecule has 4 unspecified atom stereocenters. The fourth-order valence-electron chi connectivity index (χ4n) is 12.4. The molecule has 8 rings (SSSR count). The molecule has 0 aromatic carbocycles. The fraction of sp³-hybridized carbons (Fsp3) is 0.929. The molecule has 4 atom stereocenters. The zero-order valence-electron chi connectivity index (χ0n) is 22.3. The van der Waals surface area contributed by atoms with Crippen molar-refractivity contribution in [2.24, 2.45) is 44.3 Å². The number of hydrogen-bond acceptors (Lipinski definition) is 3. The molecule has 0 aromatic heterocycles. The number of rotatable bonds is 4. The Balaban J connectivity index is 0.000000148. The Morgan fingerprint density at radius 3 is 1.25 bits per heavy atom. The largest absolute Gasteiger partial charge is 0.481 e. The number of carboxylic acid groups (broad SMARTS) is 1. The molecule has 4 nitrogen and oxygen atoms in total. The summed E-state index contributed by atoms with van der Waals surface area (Å²) in [7, 11) is 7.36. The van der Waals surface area contributed by atoms with Crippen molar-refractivity contribution < 1.29 is 18.9 Å². The van der Waals surface area contributed by atoms with Crippen LogP contribution in [0, 0.1) is 44.3 Å². The van der Waals surface area contributed by atoms with Gasteiger partial charge in [0.2, 0.25) is 14.5 Å². The van der Waals surface area contributed by atoms with Gasteiger partial charge < -0.3 is 5.11 Å². The van der Waals surface area contributed by atoms with E-state index in [0.29, 0.717) is 34.5 Å². The van der Waals surface area contributed by atoms with Crippen LogP contribution in [0.1, 0.15) is 118 Å². The van der Waals surface area contributed by atoms with E-state index in [-0.39, 0.29) is 16.1 Å². The van der Waals surface area contributed by atoms with Crippen molar-refractivity contribution in [3.8, 4) is 0 Å². The first kappa shape index (κ1) is 29.2. The molecule has 8 aliphatic carbocycles. The highest BCUT2D eigenvalue weighted by Crippen LogP contribution is 2.71. The minimum Gasteiger partial charge on any atom is -0.481 e. The zero-order valence-corrected chi connectivity index (χ0v) is 25.4. The van der Waals surface area contributed by atoms with Crippen LogP contribution in [0.15, 0.2) is 0 Å². The van der Waals surface area contributed by atoms with Gasteiger partial charge in [0, 0.05) is 27.8 Å². The monoisotopic (exact) mass is 580 g/mol. The fourth-order valence-corrected chi connectivity index (χ4v) is 12.7. The second kappa shape index (κ2) is 9.66. The van der Waals surface area contributed by atoms with Crippen molar-refractivity contribution in [2.45, 2.75) is 118 Å². The third-order valence-corrected chi connectivity index (χ3v) is 10.7. The van der Waals surface area contributed by atoms with Crippen molar-refractivity contribution in [3.05, 3.63) is 0 Å². The van der Waals surface area contributed by atoms with Crippen LogP contribution in [0.5, 0.6) is 0 Å². The smallest absolute Gasteiger partial charge is 0.303 e. The van der Waals surface area contributed by atoms with Gasteiger partial charge in [-0.05, 0) is 133 Å². The molecule has 36 heavy (non-hydrogen) atoms. The standard InChI is InChI=1S/C14H21ClO.C14H22O2.Cl2OS/c2*1-12-3-10-4-13(2,7-12)9-14(5-10,8-12)6-11(15)16;1-4(2)3/h10H,3-9H2,1-2H3;10H,3-9H2,1-2H3,(H,15,16);. The summed E-state index contributed by atoms with van der Waals surface area (Å²) in [6.07, 6.45) is 16.5. The third kappa shape index (κ3) is 6.48. The van der Waals surface area contributed by atoms with E-state index in [1.165, 1.54) is 77.0 Å². The Labute approximate surface area is 233 Å². The van der Waals surface area contributed by atoms with E-state index >= 15 is 0 Å².